The summed E-state index contributed by atoms with van der Waals surface area (Å²) in [5, 5.41) is 13.7. The number of amides is 1. The van der Waals surface area contributed by atoms with Crippen molar-refractivity contribution in [1.29, 1.82) is 0 Å². The van der Waals surface area contributed by atoms with Gasteiger partial charge in [0.2, 0.25) is 5.91 Å². The lowest BCUT2D eigenvalue weighted by molar-refractivity contribution is -0.121. The van der Waals surface area contributed by atoms with Gasteiger partial charge in [-0.1, -0.05) is 120 Å². The molecule has 0 spiro atoms. The van der Waals surface area contributed by atoms with Crippen LogP contribution in [0, 0.1) is 6.92 Å². The second kappa shape index (κ2) is 12.5. The van der Waals surface area contributed by atoms with E-state index < -0.39 is 5.92 Å². The Hall–Kier alpha value is -3.58. The third-order valence-electron chi connectivity index (χ3n) is 6.42. The van der Waals surface area contributed by atoms with Crippen molar-refractivity contribution in [2.24, 2.45) is 0 Å². The maximum absolute atomic E-state index is 13.6. The van der Waals surface area contributed by atoms with Gasteiger partial charge < -0.3 is 5.32 Å². The number of halogens is 2. The summed E-state index contributed by atoms with van der Waals surface area (Å²) in [5.41, 5.74) is 4.95. The number of rotatable bonds is 9. The van der Waals surface area contributed by atoms with Crippen LogP contribution in [0.15, 0.2) is 108 Å². The average molecular weight is 574 g/mol. The predicted octanol–water partition coefficient (Wildman–Crippen LogP) is 7.62. The number of carbonyl (C=O) groups excluding carboxylic acids is 1. The van der Waals surface area contributed by atoms with Crippen LogP contribution in [0.25, 0.3) is 5.69 Å². The molecule has 0 fully saturated rings. The Labute approximate surface area is 242 Å². The maximum Gasteiger partial charge on any atom is 0.232 e. The Morgan fingerprint density at radius 1 is 0.872 bits per heavy atom. The SMILES string of the molecule is Cc1ccccc1CSc1nnc(CNC(=O)C(c2ccccc2)c2ccccc2)n1-c1ccc(Cl)cc1Cl. The molecule has 4 aromatic carbocycles. The lowest BCUT2D eigenvalue weighted by Gasteiger charge is -2.18. The molecule has 0 aliphatic heterocycles. The minimum Gasteiger partial charge on any atom is -0.348 e. The third-order valence-corrected chi connectivity index (χ3v) is 7.93. The molecule has 0 aliphatic rings. The Morgan fingerprint density at radius 2 is 1.51 bits per heavy atom. The number of hydrogen-bond donors (Lipinski definition) is 1. The highest BCUT2D eigenvalue weighted by molar-refractivity contribution is 7.98. The van der Waals surface area contributed by atoms with Crippen molar-refractivity contribution in [3.05, 3.63) is 141 Å². The molecule has 196 valence electrons. The van der Waals surface area contributed by atoms with Gasteiger partial charge in [-0.15, -0.1) is 10.2 Å². The normalized spacial score (nSPS) is 11.1. The van der Waals surface area contributed by atoms with Crippen LogP contribution >= 0.6 is 35.0 Å². The van der Waals surface area contributed by atoms with Crippen molar-refractivity contribution in [1.82, 2.24) is 20.1 Å². The van der Waals surface area contributed by atoms with Gasteiger partial charge in [-0.3, -0.25) is 9.36 Å². The zero-order valence-electron chi connectivity index (χ0n) is 21.2. The molecule has 0 saturated carbocycles. The Balaban J connectivity index is 1.44. The molecule has 0 unspecified atom stereocenters. The topological polar surface area (TPSA) is 59.8 Å². The number of carbonyl (C=O) groups is 1. The average Bonchev–Trinajstić information content (AvgIpc) is 3.35. The smallest absolute Gasteiger partial charge is 0.232 e. The van der Waals surface area contributed by atoms with Crippen LogP contribution in [0.3, 0.4) is 0 Å². The number of thioether (sulfide) groups is 1. The number of aromatic nitrogens is 3. The first-order valence-electron chi connectivity index (χ1n) is 12.5. The van der Waals surface area contributed by atoms with Crippen molar-refractivity contribution >= 4 is 40.9 Å². The summed E-state index contributed by atoms with van der Waals surface area (Å²) in [6.07, 6.45) is 0. The minimum atomic E-state index is -0.460. The second-order valence-corrected chi connectivity index (χ2v) is 10.8. The van der Waals surface area contributed by atoms with Gasteiger partial charge in [0.15, 0.2) is 11.0 Å². The van der Waals surface area contributed by atoms with Crippen LogP contribution in [-0.2, 0) is 17.1 Å². The Bertz CT molecular complexity index is 1540. The van der Waals surface area contributed by atoms with Gasteiger partial charge in [-0.2, -0.15) is 0 Å². The highest BCUT2D eigenvalue weighted by Crippen LogP contribution is 2.31. The number of aryl methyl sites for hydroxylation is 1. The van der Waals surface area contributed by atoms with E-state index in [1.807, 2.05) is 83.4 Å². The molecule has 5 nitrogen and oxygen atoms in total. The number of hydrogen-bond acceptors (Lipinski definition) is 4. The maximum atomic E-state index is 13.6. The Kier molecular flexibility index (Phi) is 8.67. The third kappa shape index (κ3) is 6.36. The molecule has 5 aromatic rings. The van der Waals surface area contributed by atoms with Crippen molar-refractivity contribution in [3.8, 4) is 5.69 Å². The molecule has 1 N–H and O–H groups in total. The summed E-state index contributed by atoms with van der Waals surface area (Å²) < 4.78 is 1.89. The fraction of sp³-hybridized carbons (Fsp3) is 0.129. The van der Waals surface area contributed by atoms with E-state index >= 15 is 0 Å². The molecule has 39 heavy (non-hydrogen) atoms. The first-order valence-corrected chi connectivity index (χ1v) is 14.2. The van der Waals surface area contributed by atoms with Crippen molar-refractivity contribution in [3.63, 3.8) is 0 Å². The fourth-order valence-corrected chi connectivity index (χ4v) is 5.91. The largest absolute Gasteiger partial charge is 0.348 e. The van der Waals surface area contributed by atoms with Crippen LogP contribution in [0.1, 0.15) is 34.0 Å². The van der Waals surface area contributed by atoms with Crippen LogP contribution in [0.5, 0.6) is 0 Å². The molecule has 8 heteroatoms. The highest BCUT2D eigenvalue weighted by Gasteiger charge is 2.24. The van der Waals surface area contributed by atoms with Gasteiger partial charge >= 0.3 is 0 Å². The van der Waals surface area contributed by atoms with E-state index in [4.69, 9.17) is 23.2 Å². The summed E-state index contributed by atoms with van der Waals surface area (Å²) in [7, 11) is 0. The molecule has 0 aliphatic carbocycles. The van der Waals surface area contributed by atoms with Gasteiger partial charge in [0.25, 0.3) is 0 Å². The van der Waals surface area contributed by atoms with E-state index in [9.17, 15) is 4.79 Å². The molecule has 1 aromatic heterocycles. The predicted molar refractivity (Wildman–Crippen MR) is 159 cm³/mol. The van der Waals surface area contributed by atoms with E-state index in [0.29, 0.717) is 32.5 Å². The van der Waals surface area contributed by atoms with Crippen LogP contribution in [-0.4, -0.2) is 20.7 Å². The van der Waals surface area contributed by atoms with Gasteiger partial charge in [0.1, 0.15) is 0 Å². The molecule has 5 rings (SSSR count). The summed E-state index contributed by atoms with van der Waals surface area (Å²) in [4.78, 5) is 13.6. The van der Waals surface area contributed by atoms with Crippen LogP contribution in [0.2, 0.25) is 10.0 Å². The monoisotopic (exact) mass is 572 g/mol. The van der Waals surface area contributed by atoms with E-state index in [0.717, 1.165) is 11.1 Å². The zero-order valence-corrected chi connectivity index (χ0v) is 23.5. The molecular formula is C31H26Cl2N4OS. The lowest BCUT2D eigenvalue weighted by atomic mass is 9.90. The summed E-state index contributed by atoms with van der Waals surface area (Å²) in [6.45, 7) is 2.26. The van der Waals surface area contributed by atoms with Crippen molar-refractivity contribution in [2.75, 3.05) is 0 Å². The van der Waals surface area contributed by atoms with Crippen LogP contribution < -0.4 is 5.32 Å². The highest BCUT2D eigenvalue weighted by atomic mass is 35.5. The fourth-order valence-electron chi connectivity index (χ4n) is 4.38. The van der Waals surface area contributed by atoms with Crippen molar-refractivity contribution in [2.45, 2.75) is 30.3 Å². The Morgan fingerprint density at radius 3 is 2.15 bits per heavy atom. The van der Waals surface area contributed by atoms with Crippen molar-refractivity contribution < 1.29 is 4.79 Å². The first-order chi connectivity index (χ1) is 19.0. The molecule has 0 bridgehead atoms. The molecular weight excluding hydrogens is 547 g/mol. The first kappa shape index (κ1) is 27.0. The lowest BCUT2D eigenvalue weighted by Crippen LogP contribution is -2.30. The minimum absolute atomic E-state index is 0.127. The summed E-state index contributed by atoms with van der Waals surface area (Å²) in [5.74, 6) is 0.697. The molecule has 1 heterocycles. The number of nitrogens with one attached hydrogen (secondary N) is 1. The molecule has 1 amide bonds. The van der Waals surface area contributed by atoms with Crippen LogP contribution in [0.4, 0.5) is 0 Å². The molecule has 0 atom stereocenters. The van der Waals surface area contributed by atoms with E-state index in [-0.39, 0.29) is 12.5 Å². The van der Waals surface area contributed by atoms with E-state index in [2.05, 4.69) is 34.6 Å². The number of nitrogens with zero attached hydrogens (tertiary/aromatic N) is 3. The quantitative estimate of drug-likeness (QED) is 0.184. The van der Waals surface area contributed by atoms with Gasteiger partial charge in [-0.05, 0) is 47.4 Å². The standard InChI is InChI=1S/C31H26Cl2N4OS/c1-21-10-8-9-15-24(21)20-39-31-36-35-28(37(31)27-17-16-25(32)18-26(27)33)19-34-30(38)29(22-11-4-2-5-12-22)23-13-6-3-7-14-23/h2-18,29H,19-20H2,1H3,(H,34,38). The molecule has 0 radical (unpaired) electrons. The van der Waals surface area contributed by atoms with Gasteiger partial charge in [0.05, 0.1) is 23.2 Å². The molecule has 0 saturated heterocycles. The van der Waals surface area contributed by atoms with Gasteiger partial charge in [-0.25, -0.2) is 0 Å². The summed E-state index contributed by atoms with van der Waals surface area (Å²) in [6, 6.07) is 33.1. The number of benzene rings is 4. The van der Waals surface area contributed by atoms with E-state index in [1.54, 1.807) is 23.9 Å². The van der Waals surface area contributed by atoms with Gasteiger partial charge in [0, 0.05) is 10.8 Å². The zero-order chi connectivity index (χ0) is 27.2. The van der Waals surface area contributed by atoms with E-state index in [1.165, 1.54) is 11.1 Å². The second-order valence-electron chi connectivity index (χ2n) is 9.02. The summed E-state index contributed by atoms with van der Waals surface area (Å²) >= 11 is 14.4.